The van der Waals surface area contributed by atoms with Crippen molar-refractivity contribution >= 4 is 17.7 Å². The van der Waals surface area contributed by atoms with Crippen LogP contribution in [0.5, 0.6) is 0 Å². The smallest absolute Gasteiger partial charge is 0.219 e. The molecule has 3 amide bonds. The summed E-state index contributed by atoms with van der Waals surface area (Å²) in [7, 11) is 5.72. The number of nitrogens with zero attached hydrogens (tertiary/aromatic N) is 3. The first-order valence-corrected chi connectivity index (χ1v) is 24.2. The highest BCUT2D eigenvalue weighted by Crippen LogP contribution is 2.38. The average molecular weight is 802 g/mol. The predicted octanol–water partition coefficient (Wildman–Crippen LogP) is 13.0. The Morgan fingerprint density at radius 1 is 0.333 bits per heavy atom. The molecule has 336 valence electrons. The first-order valence-electron chi connectivity index (χ1n) is 24.2. The van der Waals surface area contributed by atoms with Gasteiger partial charge in [0.15, 0.2) is 0 Å². The van der Waals surface area contributed by atoms with Crippen LogP contribution in [-0.2, 0) is 14.4 Å². The highest BCUT2D eigenvalue weighted by Gasteiger charge is 2.36. The Morgan fingerprint density at radius 2 is 0.491 bits per heavy atom. The lowest BCUT2D eigenvalue weighted by Gasteiger charge is -2.42. The molecule has 0 aliphatic heterocycles. The van der Waals surface area contributed by atoms with Gasteiger partial charge in [0.25, 0.3) is 0 Å². The summed E-state index contributed by atoms with van der Waals surface area (Å²) in [6.07, 6.45) is 20.7. The number of hydrogen-bond acceptors (Lipinski definition) is 3. The molecule has 0 aromatic heterocycles. The van der Waals surface area contributed by atoms with Crippen molar-refractivity contribution < 1.29 is 14.4 Å². The maximum atomic E-state index is 11.0. The van der Waals surface area contributed by atoms with E-state index in [0.29, 0.717) is 18.1 Å². The molecule has 6 aliphatic carbocycles. The quantitative estimate of drug-likeness (QED) is 0.233. The number of rotatable bonds is 9. The lowest BCUT2D eigenvalue weighted by atomic mass is 9.73. The van der Waals surface area contributed by atoms with Gasteiger partial charge in [-0.1, -0.05) is 141 Å². The van der Waals surface area contributed by atoms with E-state index >= 15 is 0 Å². The molecule has 0 aromatic rings. The third-order valence-corrected chi connectivity index (χ3v) is 15.7. The van der Waals surface area contributed by atoms with Crippen LogP contribution >= 0.6 is 0 Å². The van der Waals surface area contributed by atoms with E-state index in [9.17, 15) is 14.4 Å². The van der Waals surface area contributed by atoms with Crippen LogP contribution in [0.25, 0.3) is 0 Å². The Morgan fingerprint density at radius 3 is 0.561 bits per heavy atom. The van der Waals surface area contributed by atoms with Crippen molar-refractivity contribution in [3.63, 3.8) is 0 Å². The minimum absolute atomic E-state index is 0.196. The zero-order valence-corrected chi connectivity index (χ0v) is 41.3. The molecule has 0 heterocycles. The standard InChI is InChI=1S/3C10H19NO.3C7H14/c3*1-7(2)9-5-10(6-9)11(4)8(3)12;3*1-6(2)7-4-3-5-7/h3*7,9-10H,5-6H2,1-4H3;3*6-7H,3-5H2,1-2H3. The molecule has 0 spiro atoms. The van der Waals surface area contributed by atoms with Gasteiger partial charge in [-0.05, 0) is 110 Å². The summed E-state index contributed by atoms with van der Waals surface area (Å²) >= 11 is 0. The van der Waals surface area contributed by atoms with Crippen molar-refractivity contribution in [2.45, 2.75) is 218 Å². The second-order valence-electron chi connectivity index (χ2n) is 21.6. The van der Waals surface area contributed by atoms with Crippen molar-refractivity contribution in [3.05, 3.63) is 0 Å². The fourth-order valence-corrected chi connectivity index (χ4v) is 8.56. The van der Waals surface area contributed by atoms with Crippen molar-refractivity contribution in [2.24, 2.45) is 71.0 Å². The van der Waals surface area contributed by atoms with Crippen LogP contribution in [0.4, 0.5) is 0 Å². The minimum atomic E-state index is 0.196. The number of amides is 3. The largest absolute Gasteiger partial charge is 0.343 e. The van der Waals surface area contributed by atoms with Gasteiger partial charge in [-0.3, -0.25) is 14.4 Å². The molecule has 6 fully saturated rings. The summed E-state index contributed by atoms with van der Waals surface area (Å²) in [6.45, 7) is 32.4. The lowest BCUT2D eigenvalue weighted by Crippen LogP contribution is -2.46. The van der Waals surface area contributed by atoms with Gasteiger partial charge >= 0.3 is 0 Å². The van der Waals surface area contributed by atoms with Crippen LogP contribution in [0.3, 0.4) is 0 Å². The SMILES string of the molecule is CC(=O)N(C)C1CC(C(C)C)C1.CC(=O)N(C)C1CC(C(C)C)C1.CC(=O)N(C)C1CC(C(C)C)C1.CC(C)C1CCC1.CC(C)C1CCC1.CC(C)C1CCC1. The normalized spacial score (nSPS) is 26.3. The summed E-state index contributed by atoms with van der Waals surface area (Å²) in [5.41, 5.74) is 0. The van der Waals surface area contributed by atoms with Gasteiger partial charge in [0.1, 0.15) is 0 Å². The molecule has 6 saturated carbocycles. The number of carbonyl (C=O) groups excluding carboxylic acids is 3. The predicted molar refractivity (Wildman–Crippen MR) is 246 cm³/mol. The molecule has 0 aromatic carbocycles. The molecular formula is C51H99N3O3. The van der Waals surface area contributed by atoms with E-state index in [1.54, 1.807) is 20.8 Å². The fourth-order valence-electron chi connectivity index (χ4n) is 8.56. The molecule has 0 saturated heterocycles. The molecular weight excluding hydrogens is 703 g/mol. The summed E-state index contributed by atoms with van der Waals surface area (Å²) in [5, 5.41) is 0. The zero-order chi connectivity index (χ0) is 43.7. The van der Waals surface area contributed by atoms with Crippen LogP contribution < -0.4 is 0 Å². The monoisotopic (exact) mass is 802 g/mol. The first-order chi connectivity index (χ1) is 26.5. The Bertz CT molecular complexity index is 963. The second-order valence-corrected chi connectivity index (χ2v) is 21.6. The van der Waals surface area contributed by atoms with Crippen molar-refractivity contribution in [1.29, 1.82) is 0 Å². The maximum Gasteiger partial charge on any atom is 0.219 e. The van der Waals surface area contributed by atoms with E-state index in [1.807, 2.05) is 35.8 Å². The summed E-state index contributed by atoms with van der Waals surface area (Å²) in [4.78, 5) is 38.6. The molecule has 57 heavy (non-hydrogen) atoms. The van der Waals surface area contributed by atoms with Gasteiger partial charge in [-0.25, -0.2) is 0 Å². The maximum absolute atomic E-state index is 11.0. The van der Waals surface area contributed by atoms with Gasteiger partial charge < -0.3 is 14.7 Å². The summed E-state index contributed by atoms with van der Waals surface area (Å²) < 4.78 is 0. The van der Waals surface area contributed by atoms with E-state index in [2.05, 4.69) is 83.1 Å². The Labute approximate surface area is 356 Å². The summed E-state index contributed by atoms with van der Waals surface area (Å²) in [5.74, 6) is 11.6. The van der Waals surface area contributed by atoms with E-state index in [4.69, 9.17) is 0 Å². The van der Waals surface area contributed by atoms with Crippen LogP contribution in [0.1, 0.15) is 200 Å². The van der Waals surface area contributed by atoms with Crippen LogP contribution in [0, 0.1) is 71.0 Å². The van der Waals surface area contributed by atoms with Gasteiger partial charge in [0, 0.05) is 60.0 Å². The van der Waals surface area contributed by atoms with Gasteiger partial charge in [0.2, 0.25) is 17.7 Å². The third-order valence-electron chi connectivity index (χ3n) is 15.7. The van der Waals surface area contributed by atoms with Crippen molar-refractivity contribution in [1.82, 2.24) is 14.7 Å². The van der Waals surface area contributed by atoms with Crippen LogP contribution in [0.2, 0.25) is 0 Å². The second kappa shape index (κ2) is 26.6. The molecule has 6 nitrogen and oxygen atoms in total. The Hall–Kier alpha value is -1.59. The molecule has 6 aliphatic rings. The van der Waals surface area contributed by atoms with Crippen molar-refractivity contribution in [3.8, 4) is 0 Å². The molecule has 6 rings (SSSR count). The Kier molecular flexibility index (Phi) is 24.9. The highest BCUT2D eigenvalue weighted by molar-refractivity contribution is 5.74. The van der Waals surface area contributed by atoms with Crippen LogP contribution in [0.15, 0.2) is 0 Å². The average Bonchev–Trinajstić information content (AvgIpc) is 2.92. The molecule has 6 heteroatoms. The van der Waals surface area contributed by atoms with Gasteiger partial charge in [-0.2, -0.15) is 0 Å². The number of carbonyl (C=O) groups is 3. The molecule has 0 atom stereocenters. The first kappa shape index (κ1) is 53.4. The van der Waals surface area contributed by atoms with Crippen LogP contribution in [-0.4, -0.2) is 71.7 Å². The molecule has 0 N–H and O–H groups in total. The minimum Gasteiger partial charge on any atom is -0.343 e. The third kappa shape index (κ3) is 19.1. The Balaban J connectivity index is 0.000000348. The van der Waals surface area contributed by atoms with E-state index in [-0.39, 0.29) is 17.7 Å². The highest BCUT2D eigenvalue weighted by atomic mass is 16.2. The van der Waals surface area contributed by atoms with E-state index in [0.717, 1.165) is 71.0 Å². The van der Waals surface area contributed by atoms with Gasteiger partial charge in [0.05, 0.1) is 0 Å². The topological polar surface area (TPSA) is 60.9 Å². The van der Waals surface area contributed by atoms with E-state index < -0.39 is 0 Å². The lowest BCUT2D eigenvalue weighted by molar-refractivity contribution is -0.133. The van der Waals surface area contributed by atoms with Crippen molar-refractivity contribution in [2.75, 3.05) is 21.1 Å². The summed E-state index contributed by atoms with van der Waals surface area (Å²) in [6, 6.07) is 1.57. The fraction of sp³-hybridized carbons (Fsp3) is 0.941. The molecule has 0 radical (unpaired) electrons. The zero-order valence-electron chi connectivity index (χ0n) is 41.3. The molecule has 0 bridgehead atoms. The van der Waals surface area contributed by atoms with E-state index in [1.165, 1.54) is 96.3 Å². The number of hydrogen-bond donors (Lipinski definition) is 0. The van der Waals surface area contributed by atoms with Gasteiger partial charge in [-0.15, -0.1) is 0 Å². The molecule has 0 unspecified atom stereocenters.